The van der Waals surface area contributed by atoms with Gasteiger partial charge in [0.15, 0.2) is 0 Å². The van der Waals surface area contributed by atoms with Crippen molar-refractivity contribution in [3.05, 3.63) is 24.5 Å². The van der Waals surface area contributed by atoms with Crippen molar-refractivity contribution in [2.45, 2.75) is 26.3 Å². The van der Waals surface area contributed by atoms with E-state index in [1.807, 2.05) is 0 Å². The molecule has 0 aliphatic carbocycles. The summed E-state index contributed by atoms with van der Waals surface area (Å²) < 4.78 is 41.2. The molecule has 0 aliphatic rings. The zero-order valence-corrected chi connectivity index (χ0v) is 8.13. The second kappa shape index (κ2) is 5.72. The van der Waals surface area contributed by atoms with Crippen molar-refractivity contribution in [2.75, 3.05) is 0 Å². The molecule has 1 heterocycles. The molecular formula is C8H13BF4N-. The van der Waals surface area contributed by atoms with E-state index in [1.54, 1.807) is 0 Å². The van der Waals surface area contributed by atoms with Crippen molar-refractivity contribution in [2.24, 2.45) is 0 Å². The van der Waals surface area contributed by atoms with E-state index in [4.69, 9.17) is 0 Å². The monoisotopic (exact) mass is 210 g/mol. The molecule has 0 saturated carbocycles. The van der Waals surface area contributed by atoms with Gasteiger partial charge in [-0.3, -0.25) is 0 Å². The number of nitrogens with zero attached hydrogens (tertiary/aromatic N) is 1. The van der Waals surface area contributed by atoms with Gasteiger partial charge in [0.2, 0.25) is 0 Å². The Balaban J connectivity index is 0.000000292. The summed E-state index contributed by atoms with van der Waals surface area (Å²) in [5.41, 5.74) is 0. The maximum Gasteiger partial charge on any atom is 0.673 e. The first kappa shape index (κ1) is 13.1. The average Bonchev–Trinajstić information content (AvgIpc) is 2.51. The molecule has 0 spiro atoms. The standard InChI is InChI=1S/C8H13N.BF4/c1-3-8(2)9-6-4-5-7-9;2-1(3,4)5/h4-8H,3H2,1-2H3;/q;-1. The summed E-state index contributed by atoms with van der Waals surface area (Å²) >= 11 is 0. The Kier molecular flexibility index (Phi) is 5.34. The molecule has 0 aromatic carbocycles. The van der Waals surface area contributed by atoms with Crippen LogP contribution in [0.3, 0.4) is 0 Å². The van der Waals surface area contributed by atoms with Crippen molar-refractivity contribution in [1.29, 1.82) is 0 Å². The minimum Gasteiger partial charge on any atom is -0.418 e. The first-order valence-corrected chi connectivity index (χ1v) is 4.34. The zero-order valence-electron chi connectivity index (χ0n) is 8.13. The summed E-state index contributed by atoms with van der Waals surface area (Å²) in [4.78, 5) is 0. The molecule has 1 unspecified atom stereocenters. The third-order valence-electron chi connectivity index (χ3n) is 1.73. The number of halogens is 4. The third kappa shape index (κ3) is 7.70. The van der Waals surface area contributed by atoms with Crippen LogP contribution in [-0.4, -0.2) is 11.8 Å². The number of aromatic nitrogens is 1. The van der Waals surface area contributed by atoms with Gasteiger partial charge >= 0.3 is 7.25 Å². The van der Waals surface area contributed by atoms with Crippen LogP contribution in [-0.2, 0) is 0 Å². The normalized spacial score (nSPS) is 13.0. The van der Waals surface area contributed by atoms with Gasteiger partial charge in [0.05, 0.1) is 0 Å². The van der Waals surface area contributed by atoms with Crippen molar-refractivity contribution in [1.82, 2.24) is 4.57 Å². The van der Waals surface area contributed by atoms with E-state index in [1.165, 1.54) is 6.42 Å². The Bertz CT molecular complexity index is 226. The Morgan fingerprint density at radius 3 is 1.79 bits per heavy atom. The van der Waals surface area contributed by atoms with Crippen LogP contribution < -0.4 is 0 Å². The molecule has 0 radical (unpaired) electrons. The van der Waals surface area contributed by atoms with Gasteiger partial charge in [-0.2, -0.15) is 0 Å². The van der Waals surface area contributed by atoms with Crippen molar-refractivity contribution in [3.8, 4) is 0 Å². The SMILES string of the molecule is CCC(C)n1cccc1.F[B-](F)(F)F. The minimum absolute atomic E-state index is 0.653. The molecule has 0 bridgehead atoms. The summed E-state index contributed by atoms with van der Waals surface area (Å²) in [5, 5.41) is 0. The summed E-state index contributed by atoms with van der Waals surface area (Å²) in [6, 6.07) is 4.78. The summed E-state index contributed by atoms with van der Waals surface area (Å²) in [6.07, 6.45) is 5.41. The van der Waals surface area contributed by atoms with Gasteiger partial charge in [0.25, 0.3) is 0 Å². The fraction of sp³-hybridized carbons (Fsp3) is 0.500. The van der Waals surface area contributed by atoms with Crippen molar-refractivity contribution in [3.63, 3.8) is 0 Å². The van der Waals surface area contributed by atoms with Crippen LogP contribution in [0, 0.1) is 0 Å². The van der Waals surface area contributed by atoms with E-state index in [0.717, 1.165) is 0 Å². The lowest BCUT2D eigenvalue weighted by molar-refractivity contribution is 0.368. The maximum atomic E-state index is 9.75. The highest BCUT2D eigenvalue weighted by Crippen LogP contribution is 2.08. The lowest BCUT2D eigenvalue weighted by Gasteiger charge is -2.09. The van der Waals surface area contributed by atoms with E-state index in [-0.39, 0.29) is 0 Å². The second-order valence-corrected chi connectivity index (χ2v) is 2.88. The van der Waals surface area contributed by atoms with Gasteiger partial charge in [-0.05, 0) is 25.5 Å². The van der Waals surface area contributed by atoms with E-state index in [9.17, 15) is 17.3 Å². The van der Waals surface area contributed by atoms with Crippen molar-refractivity contribution >= 4 is 7.25 Å². The van der Waals surface area contributed by atoms with Gasteiger partial charge in [0.1, 0.15) is 0 Å². The molecule has 0 saturated heterocycles. The largest absolute Gasteiger partial charge is 0.673 e. The third-order valence-corrected chi connectivity index (χ3v) is 1.73. The first-order chi connectivity index (χ1) is 6.34. The summed E-state index contributed by atoms with van der Waals surface area (Å²) in [7, 11) is -6.00. The van der Waals surface area contributed by atoms with Gasteiger partial charge < -0.3 is 21.8 Å². The first-order valence-electron chi connectivity index (χ1n) is 4.34. The van der Waals surface area contributed by atoms with Crippen LogP contribution in [0.5, 0.6) is 0 Å². The van der Waals surface area contributed by atoms with E-state index in [2.05, 4.69) is 42.9 Å². The van der Waals surface area contributed by atoms with E-state index in [0.29, 0.717) is 6.04 Å². The smallest absolute Gasteiger partial charge is 0.418 e. The molecule has 0 amide bonds. The maximum absolute atomic E-state index is 9.75. The molecular weight excluding hydrogens is 197 g/mol. The van der Waals surface area contributed by atoms with E-state index >= 15 is 0 Å². The summed E-state index contributed by atoms with van der Waals surface area (Å²) in [6.45, 7) is 4.42. The molecule has 1 nitrogen and oxygen atoms in total. The number of rotatable bonds is 2. The second-order valence-electron chi connectivity index (χ2n) is 2.88. The van der Waals surface area contributed by atoms with Gasteiger partial charge in [-0.25, -0.2) is 0 Å². The molecule has 0 aliphatic heterocycles. The van der Waals surface area contributed by atoms with Crippen LogP contribution in [0.15, 0.2) is 24.5 Å². The number of hydrogen-bond donors (Lipinski definition) is 0. The predicted octanol–water partition coefficient (Wildman–Crippen LogP) is 3.76. The molecule has 82 valence electrons. The van der Waals surface area contributed by atoms with Gasteiger partial charge in [-0.15, -0.1) is 0 Å². The molecule has 6 heteroatoms. The van der Waals surface area contributed by atoms with Gasteiger partial charge in [-0.1, -0.05) is 6.92 Å². The molecule has 1 atom stereocenters. The highest BCUT2D eigenvalue weighted by atomic mass is 19.5. The van der Waals surface area contributed by atoms with Gasteiger partial charge in [0, 0.05) is 18.4 Å². The van der Waals surface area contributed by atoms with Crippen LogP contribution in [0.1, 0.15) is 26.3 Å². The summed E-state index contributed by atoms with van der Waals surface area (Å²) in [5.74, 6) is 0. The van der Waals surface area contributed by atoms with Crippen LogP contribution >= 0.6 is 0 Å². The fourth-order valence-electron chi connectivity index (χ4n) is 0.853. The topological polar surface area (TPSA) is 4.93 Å². The fourth-order valence-corrected chi connectivity index (χ4v) is 0.853. The van der Waals surface area contributed by atoms with Crippen LogP contribution in [0.4, 0.5) is 17.3 Å². The highest BCUT2D eigenvalue weighted by molar-refractivity contribution is 6.50. The van der Waals surface area contributed by atoms with Crippen LogP contribution in [0.2, 0.25) is 0 Å². The number of hydrogen-bond acceptors (Lipinski definition) is 0. The Morgan fingerprint density at radius 1 is 1.14 bits per heavy atom. The molecule has 1 aromatic heterocycles. The molecule has 0 fully saturated rings. The zero-order chi connectivity index (χ0) is 11.2. The molecule has 1 aromatic rings. The lowest BCUT2D eigenvalue weighted by Crippen LogP contribution is -2.02. The van der Waals surface area contributed by atoms with Crippen LogP contribution in [0.25, 0.3) is 0 Å². The predicted molar refractivity (Wildman–Crippen MR) is 49.6 cm³/mol. The molecule has 14 heavy (non-hydrogen) atoms. The highest BCUT2D eigenvalue weighted by Gasteiger charge is 2.20. The molecule has 0 N–H and O–H groups in total. The minimum atomic E-state index is -6.00. The van der Waals surface area contributed by atoms with E-state index < -0.39 is 7.25 Å². The Morgan fingerprint density at radius 2 is 1.50 bits per heavy atom. The Hall–Kier alpha value is -0.935. The average molecular weight is 210 g/mol. The lowest BCUT2D eigenvalue weighted by atomic mass is 10.3. The van der Waals surface area contributed by atoms with Crippen molar-refractivity contribution < 1.29 is 17.3 Å². The quantitative estimate of drug-likeness (QED) is 0.517. The Labute approximate surface area is 80.8 Å². The molecule has 1 rings (SSSR count).